The van der Waals surface area contributed by atoms with E-state index in [0.717, 1.165) is 34.5 Å². The molecular weight excluding hydrogens is 302 g/mol. The average Bonchev–Trinajstić information content (AvgIpc) is 3.05. The first-order valence-corrected chi connectivity index (χ1v) is 8.02. The number of ether oxygens (including phenoxy) is 1. The Morgan fingerprint density at radius 3 is 2.83 bits per heavy atom. The Kier molecular flexibility index (Phi) is 3.83. The van der Waals surface area contributed by atoms with Crippen molar-refractivity contribution in [2.24, 2.45) is 0 Å². The number of hydrogen-bond donors (Lipinski definition) is 1. The van der Waals surface area contributed by atoms with Crippen molar-refractivity contribution in [2.75, 3.05) is 6.61 Å². The van der Waals surface area contributed by atoms with Crippen LogP contribution in [0.4, 0.5) is 0 Å². The highest BCUT2D eigenvalue weighted by atomic mass is 16.5. The molecule has 5 nitrogen and oxygen atoms in total. The molecule has 5 heteroatoms. The van der Waals surface area contributed by atoms with E-state index in [-0.39, 0.29) is 11.9 Å². The Morgan fingerprint density at radius 1 is 1.12 bits per heavy atom. The van der Waals surface area contributed by atoms with Gasteiger partial charge in [-0.25, -0.2) is 4.98 Å². The molecule has 2 aromatic carbocycles. The summed E-state index contributed by atoms with van der Waals surface area (Å²) in [4.78, 5) is 20.3. The van der Waals surface area contributed by atoms with Crippen LogP contribution in [0.5, 0.6) is 5.75 Å². The maximum atomic E-state index is 11.2. The maximum absolute atomic E-state index is 11.2. The molecule has 0 bridgehead atoms. The third-order valence-electron chi connectivity index (χ3n) is 4.11. The van der Waals surface area contributed by atoms with E-state index in [2.05, 4.69) is 15.3 Å². The van der Waals surface area contributed by atoms with Crippen LogP contribution in [0.2, 0.25) is 0 Å². The first-order chi connectivity index (χ1) is 11.8. The SMILES string of the molecule is O=C1CC[C@H](COc2cccc(-c3cnc4ccccc4n3)c2)N1. The molecule has 1 saturated heterocycles. The summed E-state index contributed by atoms with van der Waals surface area (Å²) < 4.78 is 5.82. The molecule has 2 heterocycles. The minimum atomic E-state index is 0.0987. The van der Waals surface area contributed by atoms with Gasteiger partial charge in [0.1, 0.15) is 12.4 Å². The van der Waals surface area contributed by atoms with Crippen molar-refractivity contribution < 1.29 is 9.53 Å². The lowest BCUT2D eigenvalue weighted by Crippen LogP contribution is -2.30. The monoisotopic (exact) mass is 319 g/mol. The second kappa shape index (κ2) is 6.28. The summed E-state index contributed by atoms with van der Waals surface area (Å²) in [6.45, 7) is 0.485. The van der Waals surface area contributed by atoms with E-state index in [1.807, 2.05) is 48.5 Å². The molecule has 1 aromatic heterocycles. The van der Waals surface area contributed by atoms with E-state index < -0.39 is 0 Å². The number of carbonyl (C=O) groups is 1. The van der Waals surface area contributed by atoms with Crippen LogP contribution in [0.25, 0.3) is 22.3 Å². The lowest BCUT2D eigenvalue weighted by molar-refractivity contribution is -0.119. The largest absolute Gasteiger partial charge is 0.491 e. The summed E-state index contributed by atoms with van der Waals surface area (Å²) in [6, 6.07) is 15.7. The average molecular weight is 319 g/mol. The molecule has 120 valence electrons. The van der Waals surface area contributed by atoms with Gasteiger partial charge in [0, 0.05) is 12.0 Å². The van der Waals surface area contributed by atoms with Crippen LogP contribution in [-0.2, 0) is 4.79 Å². The van der Waals surface area contributed by atoms with Crippen LogP contribution in [0.1, 0.15) is 12.8 Å². The van der Waals surface area contributed by atoms with Crippen molar-refractivity contribution >= 4 is 16.9 Å². The van der Waals surface area contributed by atoms with Crippen LogP contribution in [-0.4, -0.2) is 28.5 Å². The zero-order chi connectivity index (χ0) is 16.4. The number of amides is 1. The molecular formula is C19H17N3O2. The maximum Gasteiger partial charge on any atom is 0.220 e. The molecule has 0 spiro atoms. The number of benzene rings is 2. The number of para-hydroxylation sites is 2. The predicted octanol–water partition coefficient (Wildman–Crippen LogP) is 2.95. The van der Waals surface area contributed by atoms with E-state index >= 15 is 0 Å². The Morgan fingerprint density at radius 2 is 2.00 bits per heavy atom. The van der Waals surface area contributed by atoms with E-state index in [1.165, 1.54) is 0 Å². The lowest BCUT2D eigenvalue weighted by Gasteiger charge is -2.12. The van der Waals surface area contributed by atoms with Gasteiger partial charge in [0.25, 0.3) is 0 Å². The molecule has 4 rings (SSSR count). The van der Waals surface area contributed by atoms with Gasteiger partial charge in [-0.05, 0) is 30.7 Å². The minimum Gasteiger partial charge on any atom is -0.491 e. The van der Waals surface area contributed by atoms with E-state index in [9.17, 15) is 4.79 Å². The molecule has 1 N–H and O–H groups in total. The molecule has 0 unspecified atom stereocenters. The summed E-state index contributed by atoms with van der Waals surface area (Å²) in [6.07, 6.45) is 3.19. The molecule has 3 aromatic rings. The first kappa shape index (κ1) is 14.6. The highest BCUT2D eigenvalue weighted by Crippen LogP contribution is 2.23. The zero-order valence-corrected chi connectivity index (χ0v) is 13.1. The zero-order valence-electron chi connectivity index (χ0n) is 13.1. The number of nitrogens with zero attached hydrogens (tertiary/aromatic N) is 2. The second-order valence-electron chi connectivity index (χ2n) is 5.89. The van der Waals surface area contributed by atoms with Crippen molar-refractivity contribution in [3.8, 4) is 17.0 Å². The van der Waals surface area contributed by atoms with Gasteiger partial charge >= 0.3 is 0 Å². The van der Waals surface area contributed by atoms with Gasteiger partial charge in [0.05, 0.1) is 29.0 Å². The van der Waals surface area contributed by atoms with Gasteiger partial charge < -0.3 is 10.1 Å². The van der Waals surface area contributed by atoms with E-state index in [4.69, 9.17) is 4.74 Å². The van der Waals surface area contributed by atoms with E-state index in [0.29, 0.717) is 13.0 Å². The fourth-order valence-electron chi connectivity index (χ4n) is 2.84. The van der Waals surface area contributed by atoms with Gasteiger partial charge in [-0.2, -0.15) is 0 Å². The molecule has 0 saturated carbocycles. The molecule has 0 radical (unpaired) electrons. The number of aromatic nitrogens is 2. The lowest BCUT2D eigenvalue weighted by atomic mass is 10.1. The van der Waals surface area contributed by atoms with Gasteiger partial charge in [0.15, 0.2) is 0 Å². The summed E-state index contributed by atoms with van der Waals surface area (Å²) in [5, 5.41) is 2.90. The third-order valence-corrected chi connectivity index (χ3v) is 4.11. The van der Waals surface area contributed by atoms with Crippen LogP contribution in [0, 0.1) is 0 Å². The van der Waals surface area contributed by atoms with Crippen molar-refractivity contribution in [1.82, 2.24) is 15.3 Å². The Bertz CT molecular complexity index is 894. The van der Waals surface area contributed by atoms with Crippen LogP contribution < -0.4 is 10.1 Å². The number of nitrogens with one attached hydrogen (secondary N) is 1. The van der Waals surface area contributed by atoms with Crippen molar-refractivity contribution in [2.45, 2.75) is 18.9 Å². The molecule has 1 amide bonds. The normalized spacial score (nSPS) is 17.0. The van der Waals surface area contributed by atoms with E-state index in [1.54, 1.807) is 6.20 Å². The van der Waals surface area contributed by atoms with Crippen molar-refractivity contribution in [3.05, 3.63) is 54.7 Å². The summed E-state index contributed by atoms with van der Waals surface area (Å²) in [5.74, 6) is 0.868. The first-order valence-electron chi connectivity index (χ1n) is 8.02. The van der Waals surface area contributed by atoms with Gasteiger partial charge in [-0.3, -0.25) is 9.78 Å². The smallest absolute Gasteiger partial charge is 0.220 e. The molecule has 1 fully saturated rings. The summed E-state index contributed by atoms with van der Waals surface area (Å²) >= 11 is 0. The Labute approximate surface area is 139 Å². The number of rotatable bonds is 4. The van der Waals surface area contributed by atoms with Crippen LogP contribution in [0.15, 0.2) is 54.7 Å². The van der Waals surface area contributed by atoms with Crippen molar-refractivity contribution in [3.63, 3.8) is 0 Å². The Balaban J connectivity index is 1.53. The fraction of sp³-hybridized carbons (Fsp3) is 0.211. The molecule has 0 aliphatic carbocycles. The van der Waals surface area contributed by atoms with Crippen LogP contribution in [0.3, 0.4) is 0 Å². The fourth-order valence-corrected chi connectivity index (χ4v) is 2.84. The standard InChI is InChI=1S/C19H17N3O2/c23-19-9-8-14(21-19)12-24-15-5-3-4-13(10-15)18-11-20-16-6-1-2-7-17(16)22-18/h1-7,10-11,14H,8-9,12H2,(H,21,23)/t14-/m1/s1. The molecule has 1 aliphatic heterocycles. The topological polar surface area (TPSA) is 64.1 Å². The number of fused-ring (bicyclic) bond motifs is 1. The third kappa shape index (κ3) is 3.06. The minimum absolute atomic E-state index is 0.0987. The van der Waals surface area contributed by atoms with Gasteiger partial charge in [-0.1, -0.05) is 24.3 Å². The summed E-state index contributed by atoms with van der Waals surface area (Å²) in [5.41, 5.74) is 3.52. The number of hydrogen-bond acceptors (Lipinski definition) is 4. The highest BCUT2D eigenvalue weighted by Gasteiger charge is 2.21. The quantitative estimate of drug-likeness (QED) is 0.803. The van der Waals surface area contributed by atoms with Gasteiger partial charge in [-0.15, -0.1) is 0 Å². The van der Waals surface area contributed by atoms with Gasteiger partial charge in [0.2, 0.25) is 5.91 Å². The highest BCUT2D eigenvalue weighted by molar-refractivity contribution is 5.78. The second-order valence-corrected chi connectivity index (χ2v) is 5.89. The molecule has 24 heavy (non-hydrogen) atoms. The molecule has 1 atom stereocenters. The Hall–Kier alpha value is -2.95. The number of carbonyl (C=O) groups excluding carboxylic acids is 1. The van der Waals surface area contributed by atoms with Crippen molar-refractivity contribution in [1.29, 1.82) is 0 Å². The summed E-state index contributed by atoms with van der Waals surface area (Å²) in [7, 11) is 0. The van der Waals surface area contributed by atoms with Crippen LogP contribution >= 0.6 is 0 Å². The predicted molar refractivity (Wildman–Crippen MR) is 91.6 cm³/mol. The molecule has 1 aliphatic rings.